The maximum Gasteiger partial charge on any atom is 0.322 e. The minimum atomic E-state index is -0.517. The molecule has 9 nitrogen and oxygen atoms in total. The molecule has 1 amide bonds. The molecule has 2 aromatic heterocycles. The van der Waals surface area contributed by atoms with E-state index >= 15 is 0 Å². The van der Waals surface area contributed by atoms with Crippen LogP contribution >= 0.6 is 0 Å². The first-order valence-electron chi connectivity index (χ1n) is 9.15. The Kier molecular flexibility index (Phi) is 5.25. The molecule has 0 fully saturated rings. The lowest BCUT2D eigenvalue weighted by molar-refractivity contribution is 0.0995. The third kappa shape index (κ3) is 3.64. The van der Waals surface area contributed by atoms with Crippen molar-refractivity contribution in [2.24, 2.45) is 0 Å². The maximum absolute atomic E-state index is 12.6. The van der Waals surface area contributed by atoms with Gasteiger partial charge in [0.05, 0.1) is 20.8 Å². The van der Waals surface area contributed by atoms with Crippen LogP contribution in [-0.2, 0) is 0 Å². The SMILES string of the molecule is CCOc1cccc2cc(C(=O)Nc3nnc(-c4ccc(OC)c(OC)c4)o3)oc12. The van der Waals surface area contributed by atoms with Crippen molar-refractivity contribution in [3.63, 3.8) is 0 Å². The van der Waals surface area contributed by atoms with Crippen LogP contribution in [0.4, 0.5) is 6.01 Å². The van der Waals surface area contributed by atoms with Gasteiger partial charge in [-0.1, -0.05) is 17.2 Å². The van der Waals surface area contributed by atoms with Gasteiger partial charge >= 0.3 is 6.01 Å². The van der Waals surface area contributed by atoms with Gasteiger partial charge in [0.25, 0.3) is 5.91 Å². The summed E-state index contributed by atoms with van der Waals surface area (Å²) in [4.78, 5) is 12.6. The standard InChI is InChI=1S/C21H19N3O6/c1-4-28-15-7-5-6-12-10-17(29-18(12)15)19(25)22-21-24-23-20(30-21)13-8-9-14(26-2)16(11-13)27-3/h5-11H,4H2,1-3H3,(H,22,24,25). The largest absolute Gasteiger partial charge is 0.493 e. The Bertz CT molecular complexity index is 1200. The van der Waals surface area contributed by atoms with Crippen molar-refractivity contribution >= 4 is 22.9 Å². The summed E-state index contributed by atoms with van der Waals surface area (Å²) in [6.07, 6.45) is 0. The molecule has 0 unspecified atom stereocenters. The quantitative estimate of drug-likeness (QED) is 0.485. The van der Waals surface area contributed by atoms with Crippen LogP contribution in [0.5, 0.6) is 17.2 Å². The summed E-state index contributed by atoms with van der Waals surface area (Å²) in [5.41, 5.74) is 1.12. The summed E-state index contributed by atoms with van der Waals surface area (Å²) >= 11 is 0. The van der Waals surface area contributed by atoms with Crippen molar-refractivity contribution in [2.45, 2.75) is 6.92 Å². The molecule has 0 radical (unpaired) electrons. The summed E-state index contributed by atoms with van der Waals surface area (Å²) in [7, 11) is 3.08. The van der Waals surface area contributed by atoms with Crippen LogP contribution in [0.3, 0.4) is 0 Å². The number of aromatic nitrogens is 2. The maximum atomic E-state index is 12.6. The van der Waals surface area contributed by atoms with Crippen LogP contribution in [0.1, 0.15) is 17.5 Å². The van der Waals surface area contributed by atoms with Crippen LogP contribution in [-0.4, -0.2) is 36.9 Å². The molecule has 9 heteroatoms. The van der Waals surface area contributed by atoms with Gasteiger partial charge in [-0.15, -0.1) is 5.10 Å². The van der Waals surface area contributed by atoms with E-state index in [2.05, 4.69) is 15.5 Å². The topological polar surface area (TPSA) is 109 Å². The molecule has 154 valence electrons. The number of para-hydroxylation sites is 1. The van der Waals surface area contributed by atoms with Crippen LogP contribution in [0.2, 0.25) is 0 Å². The number of hydrogen-bond donors (Lipinski definition) is 1. The fourth-order valence-corrected chi connectivity index (χ4v) is 2.94. The van der Waals surface area contributed by atoms with E-state index in [1.165, 1.54) is 7.11 Å². The van der Waals surface area contributed by atoms with Crippen LogP contribution in [0.25, 0.3) is 22.4 Å². The second kappa shape index (κ2) is 8.16. The van der Waals surface area contributed by atoms with Crippen LogP contribution in [0, 0.1) is 0 Å². The lowest BCUT2D eigenvalue weighted by atomic mass is 10.2. The van der Waals surface area contributed by atoms with E-state index < -0.39 is 5.91 Å². The second-order valence-corrected chi connectivity index (χ2v) is 6.15. The van der Waals surface area contributed by atoms with E-state index in [1.54, 1.807) is 37.4 Å². The van der Waals surface area contributed by atoms with Crippen molar-refractivity contribution in [1.82, 2.24) is 10.2 Å². The first-order valence-corrected chi connectivity index (χ1v) is 9.15. The fraction of sp³-hybridized carbons (Fsp3) is 0.190. The number of hydrogen-bond acceptors (Lipinski definition) is 8. The number of carbonyl (C=O) groups excluding carboxylic acids is 1. The molecule has 0 bridgehead atoms. The summed E-state index contributed by atoms with van der Waals surface area (Å²) in [6, 6.07) is 12.2. The van der Waals surface area contributed by atoms with E-state index in [4.69, 9.17) is 23.0 Å². The molecular weight excluding hydrogens is 390 g/mol. The zero-order valence-corrected chi connectivity index (χ0v) is 16.6. The molecule has 0 aliphatic carbocycles. The minimum absolute atomic E-state index is 0.0599. The molecule has 2 heterocycles. The first kappa shape index (κ1) is 19.3. The molecular formula is C21H19N3O6. The van der Waals surface area contributed by atoms with Gasteiger partial charge in [-0.05, 0) is 37.3 Å². The highest BCUT2D eigenvalue weighted by atomic mass is 16.5. The van der Waals surface area contributed by atoms with Crippen molar-refractivity contribution in [2.75, 3.05) is 26.1 Å². The molecule has 4 rings (SSSR count). The highest BCUT2D eigenvalue weighted by Gasteiger charge is 2.18. The average Bonchev–Trinajstić information content (AvgIpc) is 3.41. The van der Waals surface area contributed by atoms with Crippen molar-refractivity contribution in [1.29, 1.82) is 0 Å². The molecule has 0 aliphatic heterocycles. The van der Waals surface area contributed by atoms with Gasteiger partial charge in [-0.3, -0.25) is 10.1 Å². The number of furan rings is 1. The van der Waals surface area contributed by atoms with Crippen molar-refractivity contribution < 1.29 is 27.8 Å². The molecule has 2 aromatic carbocycles. The second-order valence-electron chi connectivity index (χ2n) is 6.15. The predicted octanol–water partition coefficient (Wildman–Crippen LogP) is 4.15. The Morgan fingerprint density at radius 2 is 1.83 bits per heavy atom. The third-order valence-corrected chi connectivity index (χ3v) is 4.31. The van der Waals surface area contributed by atoms with Crippen LogP contribution in [0.15, 0.2) is 51.3 Å². The number of anilines is 1. The van der Waals surface area contributed by atoms with E-state index in [9.17, 15) is 4.79 Å². The van der Waals surface area contributed by atoms with Gasteiger partial charge in [0.15, 0.2) is 28.6 Å². The molecule has 30 heavy (non-hydrogen) atoms. The van der Waals surface area contributed by atoms with Gasteiger partial charge < -0.3 is 23.0 Å². The number of methoxy groups -OCH3 is 2. The van der Waals surface area contributed by atoms with Crippen LogP contribution < -0.4 is 19.5 Å². The predicted molar refractivity (Wildman–Crippen MR) is 108 cm³/mol. The molecule has 0 saturated carbocycles. The number of nitrogens with one attached hydrogen (secondary N) is 1. The third-order valence-electron chi connectivity index (χ3n) is 4.31. The smallest absolute Gasteiger partial charge is 0.322 e. The number of amides is 1. The highest BCUT2D eigenvalue weighted by molar-refractivity contribution is 6.04. The Hall–Kier alpha value is -4.01. The Labute approximate surface area is 171 Å². The molecule has 0 spiro atoms. The number of benzene rings is 2. The van der Waals surface area contributed by atoms with E-state index in [1.807, 2.05) is 19.1 Å². The van der Waals surface area contributed by atoms with Gasteiger partial charge in [-0.25, -0.2) is 0 Å². The highest BCUT2D eigenvalue weighted by Crippen LogP contribution is 2.32. The van der Waals surface area contributed by atoms with Crippen molar-refractivity contribution in [3.05, 3.63) is 48.2 Å². The van der Waals surface area contributed by atoms with Gasteiger partial charge in [0.1, 0.15) is 0 Å². The zero-order chi connectivity index (χ0) is 21.1. The average molecular weight is 409 g/mol. The number of ether oxygens (including phenoxy) is 3. The molecule has 0 atom stereocenters. The number of nitrogens with zero attached hydrogens (tertiary/aromatic N) is 2. The Balaban J connectivity index is 1.55. The molecule has 4 aromatic rings. The van der Waals surface area contributed by atoms with Gasteiger partial charge in [-0.2, -0.15) is 0 Å². The van der Waals surface area contributed by atoms with E-state index in [0.717, 1.165) is 5.39 Å². The molecule has 1 N–H and O–H groups in total. The molecule has 0 saturated heterocycles. The normalized spacial score (nSPS) is 10.8. The fourth-order valence-electron chi connectivity index (χ4n) is 2.94. The van der Waals surface area contributed by atoms with Crippen molar-refractivity contribution in [3.8, 4) is 28.7 Å². The van der Waals surface area contributed by atoms with E-state index in [0.29, 0.717) is 35.0 Å². The minimum Gasteiger partial charge on any atom is -0.493 e. The van der Waals surface area contributed by atoms with Gasteiger partial charge in [0, 0.05) is 10.9 Å². The summed E-state index contributed by atoms with van der Waals surface area (Å²) in [5, 5.41) is 11.1. The zero-order valence-electron chi connectivity index (χ0n) is 16.6. The number of fused-ring (bicyclic) bond motifs is 1. The molecule has 0 aliphatic rings. The Morgan fingerprint density at radius 3 is 2.60 bits per heavy atom. The Morgan fingerprint density at radius 1 is 1.00 bits per heavy atom. The number of rotatable bonds is 7. The summed E-state index contributed by atoms with van der Waals surface area (Å²) < 4.78 is 27.3. The summed E-state index contributed by atoms with van der Waals surface area (Å²) in [5.74, 6) is 1.47. The monoisotopic (exact) mass is 409 g/mol. The summed E-state index contributed by atoms with van der Waals surface area (Å²) in [6.45, 7) is 2.36. The first-order chi connectivity index (χ1) is 14.6. The lowest BCUT2D eigenvalue weighted by Crippen LogP contribution is -2.10. The van der Waals surface area contributed by atoms with Gasteiger partial charge in [0.2, 0.25) is 5.89 Å². The lowest BCUT2D eigenvalue weighted by Gasteiger charge is -2.07. The number of carbonyl (C=O) groups is 1. The van der Waals surface area contributed by atoms with E-state index in [-0.39, 0.29) is 17.7 Å².